The third-order valence-corrected chi connectivity index (χ3v) is 2.99. The lowest BCUT2D eigenvalue weighted by Gasteiger charge is -2.13. The molecule has 0 bridgehead atoms. The Morgan fingerprint density at radius 2 is 2.21 bits per heavy atom. The van der Waals surface area contributed by atoms with Gasteiger partial charge >= 0.3 is 6.03 Å². The highest BCUT2D eigenvalue weighted by Crippen LogP contribution is 2.19. The van der Waals surface area contributed by atoms with Crippen LogP contribution in [0.25, 0.3) is 0 Å². The number of halogens is 2. The quantitative estimate of drug-likeness (QED) is 0.893. The Bertz CT molecular complexity index is 572. The van der Waals surface area contributed by atoms with Crippen molar-refractivity contribution in [3.8, 4) is 0 Å². The molecule has 0 spiro atoms. The molecule has 0 aliphatic rings. The molecule has 2 rings (SSSR count). The fourth-order valence-corrected chi connectivity index (χ4v) is 1.89. The minimum absolute atomic E-state index is 0.118. The van der Waals surface area contributed by atoms with Crippen molar-refractivity contribution in [1.29, 1.82) is 0 Å². The van der Waals surface area contributed by atoms with E-state index in [0.29, 0.717) is 10.2 Å². The summed E-state index contributed by atoms with van der Waals surface area (Å²) in [4.78, 5) is 11.7. The Hall–Kier alpha value is -1.82. The molecule has 19 heavy (non-hydrogen) atoms. The van der Waals surface area contributed by atoms with Crippen molar-refractivity contribution in [3.05, 3.63) is 52.6 Å². The van der Waals surface area contributed by atoms with Crippen LogP contribution in [0.1, 0.15) is 18.7 Å². The largest absolute Gasteiger partial charge is 0.467 e. The van der Waals surface area contributed by atoms with E-state index in [1.54, 1.807) is 25.1 Å². The van der Waals surface area contributed by atoms with E-state index in [1.807, 2.05) is 0 Å². The van der Waals surface area contributed by atoms with Gasteiger partial charge in [-0.3, -0.25) is 0 Å². The predicted molar refractivity (Wildman–Crippen MR) is 73.4 cm³/mol. The molecule has 0 aliphatic heterocycles. The van der Waals surface area contributed by atoms with Gasteiger partial charge in [0.2, 0.25) is 0 Å². The molecule has 0 saturated heterocycles. The Kier molecular flexibility index (Phi) is 4.21. The number of furan rings is 1. The Morgan fingerprint density at radius 1 is 1.42 bits per heavy atom. The number of urea groups is 1. The molecule has 0 saturated carbocycles. The van der Waals surface area contributed by atoms with Crippen molar-refractivity contribution in [1.82, 2.24) is 5.32 Å². The first kappa shape index (κ1) is 13.6. The second-order valence-electron chi connectivity index (χ2n) is 3.96. The smallest absolute Gasteiger partial charge is 0.319 e. The zero-order valence-corrected chi connectivity index (χ0v) is 11.7. The van der Waals surface area contributed by atoms with Crippen molar-refractivity contribution < 1.29 is 13.6 Å². The van der Waals surface area contributed by atoms with Gasteiger partial charge in [-0.15, -0.1) is 0 Å². The minimum Gasteiger partial charge on any atom is -0.467 e. The first-order valence-corrected chi connectivity index (χ1v) is 6.41. The Labute approximate surface area is 118 Å². The average Bonchev–Trinajstić information content (AvgIpc) is 2.86. The van der Waals surface area contributed by atoms with Crippen LogP contribution in [-0.2, 0) is 0 Å². The second kappa shape index (κ2) is 5.88. The van der Waals surface area contributed by atoms with Crippen LogP contribution in [0.15, 0.2) is 45.5 Å². The van der Waals surface area contributed by atoms with Crippen LogP contribution in [0, 0.1) is 5.82 Å². The number of anilines is 1. The van der Waals surface area contributed by atoms with Crippen LogP contribution in [0.5, 0.6) is 0 Å². The van der Waals surface area contributed by atoms with E-state index >= 15 is 0 Å². The molecular formula is C13H12BrFN2O2. The molecule has 2 N–H and O–H groups in total. The molecule has 0 radical (unpaired) electrons. The van der Waals surface area contributed by atoms with Crippen LogP contribution < -0.4 is 10.6 Å². The van der Waals surface area contributed by atoms with E-state index in [2.05, 4.69) is 26.6 Å². The highest BCUT2D eigenvalue weighted by Gasteiger charge is 2.13. The van der Waals surface area contributed by atoms with Gasteiger partial charge in [-0.1, -0.05) is 15.9 Å². The van der Waals surface area contributed by atoms with Gasteiger partial charge in [0.25, 0.3) is 0 Å². The number of carbonyl (C=O) groups excluding carboxylic acids is 1. The zero-order chi connectivity index (χ0) is 13.8. The van der Waals surface area contributed by atoms with Crippen molar-refractivity contribution in [2.24, 2.45) is 0 Å². The van der Waals surface area contributed by atoms with Crippen molar-refractivity contribution in [2.45, 2.75) is 13.0 Å². The lowest BCUT2D eigenvalue weighted by molar-refractivity contribution is 0.247. The van der Waals surface area contributed by atoms with Gasteiger partial charge in [0.15, 0.2) is 0 Å². The van der Waals surface area contributed by atoms with Crippen molar-refractivity contribution in [3.63, 3.8) is 0 Å². The third-order valence-electron chi connectivity index (χ3n) is 2.50. The van der Waals surface area contributed by atoms with E-state index < -0.39 is 11.8 Å². The summed E-state index contributed by atoms with van der Waals surface area (Å²) >= 11 is 3.15. The molecule has 1 atom stereocenters. The summed E-state index contributed by atoms with van der Waals surface area (Å²) in [5.41, 5.74) is 0.118. The Balaban J connectivity index is 1.98. The first-order valence-electron chi connectivity index (χ1n) is 5.62. The molecule has 1 aromatic carbocycles. The summed E-state index contributed by atoms with van der Waals surface area (Å²) in [6, 6.07) is 7.11. The predicted octanol–water partition coefficient (Wildman–Crippen LogP) is 4.06. The molecule has 0 fully saturated rings. The van der Waals surface area contributed by atoms with Crippen LogP contribution in [0.4, 0.5) is 14.9 Å². The lowest BCUT2D eigenvalue weighted by Crippen LogP contribution is -2.31. The van der Waals surface area contributed by atoms with Crippen LogP contribution in [0.3, 0.4) is 0 Å². The maximum Gasteiger partial charge on any atom is 0.319 e. The molecule has 1 heterocycles. The molecule has 1 aromatic heterocycles. The maximum atomic E-state index is 13.5. The van der Waals surface area contributed by atoms with Gasteiger partial charge in [0.1, 0.15) is 11.6 Å². The number of rotatable bonds is 3. The second-order valence-corrected chi connectivity index (χ2v) is 4.88. The summed E-state index contributed by atoms with van der Waals surface area (Å²) in [6.45, 7) is 1.77. The van der Waals surface area contributed by atoms with Gasteiger partial charge in [-0.05, 0) is 37.3 Å². The Morgan fingerprint density at radius 3 is 2.84 bits per heavy atom. The molecule has 0 aliphatic carbocycles. The van der Waals surface area contributed by atoms with Crippen LogP contribution in [-0.4, -0.2) is 6.03 Å². The van der Waals surface area contributed by atoms with Gasteiger partial charge in [0, 0.05) is 4.47 Å². The zero-order valence-electron chi connectivity index (χ0n) is 10.1. The molecule has 2 aromatic rings. The van der Waals surface area contributed by atoms with Crippen molar-refractivity contribution >= 4 is 27.6 Å². The summed E-state index contributed by atoms with van der Waals surface area (Å²) in [6.07, 6.45) is 1.53. The molecule has 1 unspecified atom stereocenters. The van der Waals surface area contributed by atoms with E-state index in [1.165, 1.54) is 18.4 Å². The highest BCUT2D eigenvalue weighted by molar-refractivity contribution is 9.10. The monoisotopic (exact) mass is 326 g/mol. The number of nitrogens with one attached hydrogen (secondary N) is 2. The average molecular weight is 327 g/mol. The molecule has 100 valence electrons. The van der Waals surface area contributed by atoms with Crippen LogP contribution >= 0.6 is 15.9 Å². The topological polar surface area (TPSA) is 54.3 Å². The number of amides is 2. The van der Waals surface area contributed by atoms with E-state index in [0.717, 1.165) is 0 Å². The number of hydrogen-bond donors (Lipinski definition) is 2. The van der Waals surface area contributed by atoms with E-state index in [4.69, 9.17) is 4.42 Å². The highest BCUT2D eigenvalue weighted by atomic mass is 79.9. The maximum absolute atomic E-state index is 13.5. The molecule has 4 nitrogen and oxygen atoms in total. The van der Waals surface area contributed by atoms with Gasteiger partial charge in [-0.25, -0.2) is 9.18 Å². The standard InChI is InChI=1S/C13H12BrFN2O2/c1-8(12-3-2-6-19-12)16-13(18)17-11-5-4-9(14)7-10(11)15/h2-8H,1H3,(H2,16,17,18). The SMILES string of the molecule is CC(NC(=O)Nc1ccc(Br)cc1F)c1ccco1. The normalized spacial score (nSPS) is 11.9. The number of hydrogen-bond acceptors (Lipinski definition) is 2. The number of benzene rings is 1. The molecular weight excluding hydrogens is 315 g/mol. The fourth-order valence-electron chi connectivity index (χ4n) is 1.55. The fraction of sp³-hybridized carbons (Fsp3) is 0.154. The van der Waals surface area contributed by atoms with E-state index in [9.17, 15) is 9.18 Å². The third kappa shape index (κ3) is 3.57. The summed E-state index contributed by atoms with van der Waals surface area (Å²) in [5, 5.41) is 5.09. The summed E-state index contributed by atoms with van der Waals surface area (Å²) in [5.74, 6) is 0.126. The number of carbonyl (C=O) groups is 1. The van der Waals surface area contributed by atoms with Gasteiger partial charge < -0.3 is 15.1 Å². The summed E-state index contributed by atoms with van der Waals surface area (Å²) < 4.78 is 19.3. The first-order chi connectivity index (χ1) is 9.06. The van der Waals surface area contributed by atoms with Crippen molar-refractivity contribution in [2.75, 3.05) is 5.32 Å². The lowest BCUT2D eigenvalue weighted by atomic mass is 10.2. The molecule has 6 heteroatoms. The van der Waals surface area contributed by atoms with E-state index in [-0.39, 0.29) is 11.7 Å². The minimum atomic E-state index is -0.504. The van der Waals surface area contributed by atoms with Gasteiger partial charge in [-0.2, -0.15) is 0 Å². The van der Waals surface area contributed by atoms with Crippen LogP contribution in [0.2, 0.25) is 0 Å². The van der Waals surface area contributed by atoms with Gasteiger partial charge in [0.05, 0.1) is 18.0 Å². The summed E-state index contributed by atoms with van der Waals surface area (Å²) in [7, 11) is 0. The molecule has 2 amide bonds.